The smallest absolute Gasteiger partial charge is 0.127 e. The van der Waals surface area contributed by atoms with Crippen LogP contribution in [0.5, 0.6) is 5.75 Å². The Hall–Kier alpha value is -1.62. The first kappa shape index (κ1) is 21.1. The standard InChI is InChI=1S/C24H36N2O2/c1-3-8-20(9-4-2)23-16-25-14-15-26(23)17-21(27)18-28-24-13-7-11-19-10-5-6-12-22(19)24/h5-7,10-13,20-21,23,25,27H,3-4,8-9,14-18H2,1-2H3. The Kier molecular flexibility index (Phi) is 8.13. The minimum Gasteiger partial charge on any atom is -0.490 e. The molecule has 4 nitrogen and oxygen atoms in total. The molecule has 1 heterocycles. The second-order valence-electron chi connectivity index (χ2n) is 8.05. The van der Waals surface area contributed by atoms with Crippen molar-refractivity contribution in [3.63, 3.8) is 0 Å². The predicted octanol–water partition coefficient (Wildman–Crippen LogP) is 4.07. The van der Waals surface area contributed by atoms with Gasteiger partial charge in [0.2, 0.25) is 0 Å². The Labute approximate surface area is 169 Å². The Balaban J connectivity index is 1.59. The van der Waals surface area contributed by atoms with Crippen molar-refractivity contribution in [2.24, 2.45) is 5.92 Å². The van der Waals surface area contributed by atoms with Crippen LogP contribution in [0.15, 0.2) is 42.5 Å². The number of aliphatic hydroxyl groups excluding tert-OH is 1. The first-order valence-electron chi connectivity index (χ1n) is 11.0. The van der Waals surface area contributed by atoms with Crippen LogP contribution in [-0.2, 0) is 0 Å². The first-order valence-corrected chi connectivity index (χ1v) is 11.0. The quantitative estimate of drug-likeness (QED) is 0.648. The Morgan fingerprint density at radius 1 is 1.11 bits per heavy atom. The summed E-state index contributed by atoms with van der Waals surface area (Å²) in [6, 6.07) is 14.8. The predicted molar refractivity (Wildman–Crippen MR) is 117 cm³/mol. The molecular formula is C24H36N2O2. The highest BCUT2D eigenvalue weighted by Gasteiger charge is 2.30. The number of β-amino-alcohol motifs (C(OH)–C–C–N with tert-alkyl or cyclic N) is 1. The van der Waals surface area contributed by atoms with Crippen LogP contribution in [0.2, 0.25) is 0 Å². The van der Waals surface area contributed by atoms with Gasteiger partial charge in [0.05, 0.1) is 0 Å². The number of ether oxygens (including phenoxy) is 1. The van der Waals surface area contributed by atoms with Crippen molar-refractivity contribution in [1.82, 2.24) is 10.2 Å². The summed E-state index contributed by atoms with van der Waals surface area (Å²) >= 11 is 0. The summed E-state index contributed by atoms with van der Waals surface area (Å²) in [4.78, 5) is 2.49. The number of benzene rings is 2. The van der Waals surface area contributed by atoms with Crippen molar-refractivity contribution in [3.05, 3.63) is 42.5 Å². The lowest BCUT2D eigenvalue weighted by Gasteiger charge is -2.41. The highest BCUT2D eigenvalue weighted by Crippen LogP contribution is 2.26. The van der Waals surface area contributed by atoms with E-state index in [9.17, 15) is 5.11 Å². The number of hydrogen-bond donors (Lipinski definition) is 2. The molecule has 3 rings (SSSR count). The van der Waals surface area contributed by atoms with Crippen LogP contribution in [0.1, 0.15) is 39.5 Å². The zero-order valence-electron chi connectivity index (χ0n) is 17.4. The maximum absolute atomic E-state index is 10.7. The summed E-state index contributed by atoms with van der Waals surface area (Å²) in [6.07, 6.45) is 4.49. The third-order valence-electron chi connectivity index (χ3n) is 5.89. The largest absolute Gasteiger partial charge is 0.490 e. The van der Waals surface area contributed by atoms with Crippen molar-refractivity contribution in [3.8, 4) is 5.75 Å². The van der Waals surface area contributed by atoms with Crippen LogP contribution in [0, 0.1) is 5.92 Å². The third kappa shape index (κ3) is 5.47. The lowest BCUT2D eigenvalue weighted by atomic mass is 9.88. The zero-order valence-corrected chi connectivity index (χ0v) is 17.4. The number of nitrogens with one attached hydrogen (secondary N) is 1. The molecule has 154 valence electrons. The van der Waals surface area contributed by atoms with Gasteiger partial charge in [-0.2, -0.15) is 0 Å². The molecule has 0 bridgehead atoms. The van der Waals surface area contributed by atoms with E-state index in [1.54, 1.807) is 0 Å². The van der Waals surface area contributed by atoms with E-state index in [2.05, 4.69) is 42.3 Å². The lowest BCUT2D eigenvalue weighted by molar-refractivity contribution is 0.0259. The van der Waals surface area contributed by atoms with E-state index in [-0.39, 0.29) is 0 Å². The summed E-state index contributed by atoms with van der Waals surface area (Å²) < 4.78 is 6.02. The van der Waals surface area contributed by atoms with E-state index in [1.807, 2.05) is 24.3 Å². The Morgan fingerprint density at radius 3 is 2.64 bits per heavy atom. The summed E-state index contributed by atoms with van der Waals surface area (Å²) in [7, 11) is 0. The van der Waals surface area contributed by atoms with Gasteiger partial charge in [-0.05, 0) is 30.2 Å². The van der Waals surface area contributed by atoms with E-state index in [4.69, 9.17) is 4.74 Å². The van der Waals surface area contributed by atoms with Crippen LogP contribution >= 0.6 is 0 Å². The fourth-order valence-electron chi connectivity index (χ4n) is 4.56. The van der Waals surface area contributed by atoms with Crippen molar-refractivity contribution in [2.75, 3.05) is 32.8 Å². The summed E-state index contributed by atoms with van der Waals surface area (Å²) in [5, 5.41) is 16.5. The average Bonchev–Trinajstić information content (AvgIpc) is 2.72. The molecule has 28 heavy (non-hydrogen) atoms. The minimum atomic E-state index is -0.483. The maximum atomic E-state index is 10.7. The number of rotatable bonds is 10. The molecule has 0 aromatic heterocycles. The van der Waals surface area contributed by atoms with Gasteiger partial charge in [-0.1, -0.05) is 63.1 Å². The van der Waals surface area contributed by atoms with E-state index in [0.29, 0.717) is 25.1 Å². The van der Waals surface area contributed by atoms with Crippen LogP contribution < -0.4 is 10.1 Å². The van der Waals surface area contributed by atoms with E-state index in [0.717, 1.165) is 30.8 Å². The van der Waals surface area contributed by atoms with Crippen LogP contribution in [0.3, 0.4) is 0 Å². The summed E-state index contributed by atoms with van der Waals surface area (Å²) in [5.41, 5.74) is 0. The average molecular weight is 385 g/mol. The van der Waals surface area contributed by atoms with Crippen LogP contribution in [0.25, 0.3) is 10.8 Å². The third-order valence-corrected chi connectivity index (χ3v) is 5.89. The van der Waals surface area contributed by atoms with E-state index >= 15 is 0 Å². The number of piperazine rings is 1. The molecule has 0 aliphatic carbocycles. The molecule has 2 unspecified atom stereocenters. The molecular weight excluding hydrogens is 348 g/mol. The molecule has 2 atom stereocenters. The molecule has 0 saturated carbocycles. The maximum Gasteiger partial charge on any atom is 0.127 e. The molecule has 1 saturated heterocycles. The highest BCUT2D eigenvalue weighted by molar-refractivity contribution is 5.88. The Bertz CT molecular complexity index is 709. The Morgan fingerprint density at radius 2 is 1.86 bits per heavy atom. The van der Waals surface area contributed by atoms with Crippen LogP contribution in [-0.4, -0.2) is 54.9 Å². The van der Waals surface area contributed by atoms with Gasteiger partial charge < -0.3 is 15.2 Å². The molecule has 2 N–H and O–H groups in total. The normalized spacial score (nSPS) is 19.2. The first-order chi connectivity index (χ1) is 13.7. The van der Waals surface area contributed by atoms with Gasteiger partial charge in [-0.25, -0.2) is 0 Å². The monoisotopic (exact) mass is 384 g/mol. The van der Waals surface area contributed by atoms with Crippen molar-refractivity contribution >= 4 is 10.8 Å². The molecule has 1 aliphatic rings. The minimum absolute atomic E-state index is 0.330. The molecule has 1 aliphatic heterocycles. The zero-order chi connectivity index (χ0) is 19.8. The number of hydrogen-bond acceptors (Lipinski definition) is 4. The number of aliphatic hydroxyl groups is 1. The fraction of sp³-hybridized carbons (Fsp3) is 0.583. The molecule has 4 heteroatoms. The SMILES string of the molecule is CCCC(CCC)C1CNCCN1CC(O)COc1cccc2ccccc12. The van der Waals surface area contributed by atoms with Gasteiger partial charge in [-0.3, -0.25) is 4.90 Å². The summed E-state index contributed by atoms with van der Waals surface area (Å²) in [5.74, 6) is 1.55. The van der Waals surface area contributed by atoms with Crippen molar-refractivity contribution < 1.29 is 9.84 Å². The van der Waals surface area contributed by atoms with Gasteiger partial charge in [0.1, 0.15) is 18.5 Å². The molecule has 0 radical (unpaired) electrons. The van der Waals surface area contributed by atoms with Crippen LogP contribution in [0.4, 0.5) is 0 Å². The van der Waals surface area contributed by atoms with Crippen molar-refractivity contribution in [1.29, 1.82) is 0 Å². The van der Waals surface area contributed by atoms with Crippen molar-refractivity contribution in [2.45, 2.75) is 51.7 Å². The molecule has 1 fully saturated rings. The van der Waals surface area contributed by atoms with E-state index in [1.165, 1.54) is 31.1 Å². The summed E-state index contributed by atoms with van der Waals surface area (Å²) in [6.45, 7) is 8.59. The lowest BCUT2D eigenvalue weighted by Crippen LogP contribution is -2.56. The molecule has 0 spiro atoms. The fourth-order valence-corrected chi connectivity index (χ4v) is 4.56. The highest BCUT2D eigenvalue weighted by atomic mass is 16.5. The molecule has 0 amide bonds. The number of nitrogens with zero attached hydrogens (tertiary/aromatic N) is 1. The van der Waals surface area contributed by atoms with Gasteiger partial charge >= 0.3 is 0 Å². The topological polar surface area (TPSA) is 44.7 Å². The molecule has 2 aromatic carbocycles. The number of fused-ring (bicyclic) bond motifs is 1. The van der Waals surface area contributed by atoms with Gasteiger partial charge in [0.25, 0.3) is 0 Å². The van der Waals surface area contributed by atoms with Gasteiger partial charge in [-0.15, -0.1) is 0 Å². The van der Waals surface area contributed by atoms with E-state index < -0.39 is 6.10 Å². The molecule has 2 aromatic rings. The van der Waals surface area contributed by atoms with Gasteiger partial charge in [0.15, 0.2) is 0 Å². The second kappa shape index (κ2) is 10.8. The van der Waals surface area contributed by atoms with Gasteiger partial charge in [0, 0.05) is 37.6 Å². The second-order valence-corrected chi connectivity index (χ2v) is 8.05.